The predicted octanol–water partition coefficient (Wildman–Crippen LogP) is 4.49. The third-order valence-corrected chi connectivity index (χ3v) is 3.57. The molecule has 2 nitrogen and oxygen atoms in total. The van der Waals surface area contributed by atoms with Crippen molar-refractivity contribution in [3.05, 3.63) is 48.0 Å². The predicted molar refractivity (Wildman–Crippen MR) is 77.9 cm³/mol. The molecule has 2 aromatic carbocycles. The van der Waals surface area contributed by atoms with Crippen LogP contribution in [0.1, 0.15) is 38.9 Å². The van der Waals surface area contributed by atoms with Gasteiger partial charge in [-0.3, -0.25) is 4.79 Å². The zero-order chi connectivity index (χ0) is 13.8. The molecule has 19 heavy (non-hydrogen) atoms. The quantitative estimate of drug-likeness (QED) is 0.753. The van der Waals surface area contributed by atoms with Gasteiger partial charge in [-0.2, -0.15) is 0 Å². The Morgan fingerprint density at radius 1 is 1.11 bits per heavy atom. The Bertz CT molecular complexity index is 569. The highest BCUT2D eigenvalue weighted by Gasteiger charge is 2.17. The van der Waals surface area contributed by atoms with Gasteiger partial charge in [0, 0.05) is 0 Å². The topological polar surface area (TPSA) is 26.3 Å². The monoisotopic (exact) mass is 256 g/mol. The van der Waals surface area contributed by atoms with Crippen molar-refractivity contribution >= 4 is 16.7 Å². The lowest BCUT2D eigenvalue weighted by Gasteiger charge is -2.18. The van der Waals surface area contributed by atoms with E-state index in [-0.39, 0.29) is 18.0 Å². The second kappa shape index (κ2) is 5.87. The molecule has 0 radical (unpaired) electrons. The summed E-state index contributed by atoms with van der Waals surface area (Å²) >= 11 is 0. The molecule has 0 aliphatic heterocycles. The van der Waals surface area contributed by atoms with E-state index in [0.717, 1.165) is 17.4 Å². The molecule has 0 fully saturated rings. The minimum Gasteiger partial charge on any atom is -0.458 e. The van der Waals surface area contributed by atoms with Gasteiger partial charge in [0.25, 0.3) is 0 Å². The average Bonchev–Trinajstić information content (AvgIpc) is 2.45. The van der Waals surface area contributed by atoms with Crippen molar-refractivity contribution in [1.29, 1.82) is 0 Å². The third kappa shape index (κ3) is 2.95. The Morgan fingerprint density at radius 3 is 2.53 bits per heavy atom. The molecule has 2 unspecified atom stereocenters. The fourth-order valence-corrected chi connectivity index (χ4v) is 2.13. The van der Waals surface area contributed by atoms with Crippen molar-refractivity contribution in [1.82, 2.24) is 0 Å². The van der Waals surface area contributed by atoms with Crippen LogP contribution in [-0.2, 0) is 9.53 Å². The molecular formula is C17H20O2. The largest absolute Gasteiger partial charge is 0.458 e. The van der Waals surface area contributed by atoms with Crippen LogP contribution in [-0.4, -0.2) is 5.97 Å². The molecule has 2 aromatic rings. The van der Waals surface area contributed by atoms with Crippen molar-refractivity contribution in [2.24, 2.45) is 5.92 Å². The highest BCUT2D eigenvalue weighted by Crippen LogP contribution is 2.27. The summed E-state index contributed by atoms with van der Waals surface area (Å²) in [4.78, 5) is 11.9. The summed E-state index contributed by atoms with van der Waals surface area (Å²) in [5.41, 5.74) is 1.06. The van der Waals surface area contributed by atoms with E-state index < -0.39 is 0 Å². The molecule has 2 heteroatoms. The van der Waals surface area contributed by atoms with Gasteiger partial charge in [-0.25, -0.2) is 0 Å². The first-order chi connectivity index (χ1) is 9.13. The Balaban J connectivity index is 2.27. The third-order valence-electron chi connectivity index (χ3n) is 3.57. The van der Waals surface area contributed by atoms with Gasteiger partial charge in [0.15, 0.2) is 0 Å². The van der Waals surface area contributed by atoms with Gasteiger partial charge in [0.2, 0.25) is 0 Å². The van der Waals surface area contributed by atoms with Crippen LogP contribution in [0.15, 0.2) is 42.5 Å². The second-order valence-electron chi connectivity index (χ2n) is 4.96. The number of ether oxygens (including phenoxy) is 1. The summed E-state index contributed by atoms with van der Waals surface area (Å²) in [5, 5.41) is 2.32. The maximum absolute atomic E-state index is 11.9. The minimum absolute atomic E-state index is 0.0440. The van der Waals surface area contributed by atoms with Crippen LogP contribution >= 0.6 is 0 Å². The SMILES string of the molecule is CCC(C)C(=O)OC(C)c1cccc2ccccc12. The highest BCUT2D eigenvalue weighted by molar-refractivity contribution is 5.86. The Hall–Kier alpha value is -1.83. The van der Waals surface area contributed by atoms with Crippen molar-refractivity contribution in [3.8, 4) is 0 Å². The van der Waals surface area contributed by atoms with Crippen molar-refractivity contribution in [2.75, 3.05) is 0 Å². The number of hydrogen-bond donors (Lipinski definition) is 0. The molecular weight excluding hydrogens is 236 g/mol. The summed E-state index contributed by atoms with van der Waals surface area (Å²) < 4.78 is 5.56. The van der Waals surface area contributed by atoms with Gasteiger partial charge in [0.1, 0.15) is 6.10 Å². The fourth-order valence-electron chi connectivity index (χ4n) is 2.13. The van der Waals surface area contributed by atoms with Gasteiger partial charge < -0.3 is 4.74 Å². The van der Waals surface area contributed by atoms with E-state index in [9.17, 15) is 4.79 Å². The van der Waals surface area contributed by atoms with Crippen LogP contribution in [0.4, 0.5) is 0 Å². The van der Waals surface area contributed by atoms with E-state index in [1.54, 1.807) is 0 Å². The number of carbonyl (C=O) groups excluding carboxylic acids is 1. The molecule has 0 bridgehead atoms. The van der Waals surface area contributed by atoms with Gasteiger partial charge in [-0.05, 0) is 29.7 Å². The standard InChI is InChI=1S/C17H20O2/c1-4-12(2)17(18)19-13(3)15-11-7-9-14-8-5-6-10-16(14)15/h5-13H,4H2,1-3H3. The summed E-state index contributed by atoms with van der Waals surface area (Å²) in [7, 11) is 0. The van der Waals surface area contributed by atoms with Crippen LogP contribution in [0.2, 0.25) is 0 Å². The van der Waals surface area contributed by atoms with E-state index in [1.807, 2.05) is 45.0 Å². The number of carbonyl (C=O) groups is 1. The van der Waals surface area contributed by atoms with Crippen LogP contribution in [0.3, 0.4) is 0 Å². The molecule has 0 N–H and O–H groups in total. The maximum Gasteiger partial charge on any atom is 0.309 e. The van der Waals surface area contributed by atoms with E-state index in [2.05, 4.69) is 18.2 Å². The molecule has 0 aliphatic rings. The van der Waals surface area contributed by atoms with E-state index in [4.69, 9.17) is 4.74 Å². The zero-order valence-corrected chi connectivity index (χ0v) is 11.7. The molecule has 2 rings (SSSR count). The number of fused-ring (bicyclic) bond motifs is 1. The van der Waals surface area contributed by atoms with Crippen molar-refractivity contribution in [2.45, 2.75) is 33.3 Å². The smallest absolute Gasteiger partial charge is 0.309 e. The summed E-state index contributed by atoms with van der Waals surface area (Å²) in [5.74, 6) is -0.166. The first kappa shape index (κ1) is 13.6. The van der Waals surface area contributed by atoms with Crippen LogP contribution in [0.5, 0.6) is 0 Å². The van der Waals surface area contributed by atoms with E-state index >= 15 is 0 Å². The molecule has 0 spiro atoms. The van der Waals surface area contributed by atoms with Crippen LogP contribution < -0.4 is 0 Å². The van der Waals surface area contributed by atoms with Crippen molar-refractivity contribution in [3.63, 3.8) is 0 Å². The normalized spacial score (nSPS) is 14.1. The lowest BCUT2D eigenvalue weighted by Crippen LogP contribution is -2.16. The maximum atomic E-state index is 11.9. The fraction of sp³-hybridized carbons (Fsp3) is 0.353. The molecule has 100 valence electrons. The molecule has 0 saturated heterocycles. The summed E-state index contributed by atoms with van der Waals surface area (Å²) in [6.07, 6.45) is 0.591. The molecule has 0 amide bonds. The molecule has 0 aliphatic carbocycles. The first-order valence-electron chi connectivity index (χ1n) is 6.81. The summed E-state index contributed by atoms with van der Waals surface area (Å²) in [6.45, 7) is 5.83. The first-order valence-corrected chi connectivity index (χ1v) is 6.81. The zero-order valence-electron chi connectivity index (χ0n) is 11.7. The van der Waals surface area contributed by atoms with Gasteiger partial charge >= 0.3 is 5.97 Å². The molecule has 2 atom stereocenters. The Morgan fingerprint density at radius 2 is 1.79 bits per heavy atom. The van der Waals surface area contributed by atoms with E-state index in [1.165, 1.54) is 5.39 Å². The number of esters is 1. The van der Waals surface area contributed by atoms with Crippen molar-refractivity contribution < 1.29 is 9.53 Å². The highest BCUT2D eigenvalue weighted by atomic mass is 16.5. The Kier molecular flexibility index (Phi) is 4.20. The van der Waals surface area contributed by atoms with Gasteiger partial charge in [0.05, 0.1) is 5.92 Å². The lowest BCUT2D eigenvalue weighted by molar-refractivity contribution is -0.153. The van der Waals surface area contributed by atoms with Gasteiger partial charge in [-0.1, -0.05) is 56.3 Å². The van der Waals surface area contributed by atoms with Crippen LogP contribution in [0.25, 0.3) is 10.8 Å². The van der Waals surface area contributed by atoms with E-state index in [0.29, 0.717) is 0 Å². The summed E-state index contributed by atoms with van der Waals surface area (Å²) in [6, 6.07) is 14.3. The minimum atomic E-state index is -0.215. The molecule has 0 aromatic heterocycles. The Labute approximate surface area is 114 Å². The second-order valence-corrected chi connectivity index (χ2v) is 4.96. The average molecular weight is 256 g/mol. The lowest BCUT2D eigenvalue weighted by atomic mass is 10.0. The number of benzene rings is 2. The number of hydrogen-bond acceptors (Lipinski definition) is 2. The van der Waals surface area contributed by atoms with Crippen LogP contribution in [0, 0.1) is 5.92 Å². The number of rotatable bonds is 4. The molecule has 0 heterocycles. The molecule has 0 saturated carbocycles. The van der Waals surface area contributed by atoms with Gasteiger partial charge in [-0.15, -0.1) is 0 Å².